The molecule has 0 bridgehead atoms. The molecular weight excluding hydrogens is 443 g/mol. The molecule has 1 aromatic carbocycles. The number of carbonyl (C=O) groups is 1. The third-order valence-corrected chi connectivity index (χ3v) is 6.92. The average molecular weight is 479 g/mol. The zero-order valence-electron chi connectivity index (χ0n) is 19.5. The summed E-state index contributed by atoms with van der Waals surface area (Å²) in [6.07, 6.45) is 2.73. The first-order valence-corrected chi connectivity index (χ1v) is 12.5. The highest BCUT2D eigenvalue weighted by molar-refractivity contribution is 7.10. The standard InChI is InChI=1S/C25H35FN2O4S/c1-3-7-19(29)16-27(12-6-14-31-2)17-25(30)28-13-10-24-20(11-15-33-24)22(28)18-32-23-9-5-4-8-21(23)26/h4-5,8-9,11,15,19,22,29H,3,6-7,10,12-14,16-18H2,1-2H3/t19-,22-/m1/s1. The lowest BCUT2D eigenvalue weighted by molar-refractivity contribution is -0.136. The van der Waals surface area contributed by atoms with Crippen molar-refractivity contribution in [3.63, 3.8) is 0 Å². The number of aliphatic hydroxyl groups is 1. The fourth-order valence-electron chi connectivity index (χ4n) is 4.28. The van der Waals surface area contributed by atoms with Crippen molar-refractivity contribution in [2.24, 2.45) is 0 Å². The van der Waals surface area contributed by atoms with E-state index in [2.05, 4.69) is 0 Å². The number of ether oxygens (including phenoxy) is 2. The Morgan fingerprint density at radius 2 is 2.18 bits per heavy atom. The molecule has 182 valence electrons. The van der Waals surface area contributed by atoms with Crippen LogP contribution in [0.2, 0.25) is 0 Å². The molecule has 0 saturated carbocycles. The van der Waals surface area contributed by atoms with Crippen LogP contribution in [0.3, 0.4) is 0 Å². The maximum absolute atomic E-state index is 14.1. The summed E-state index contributed by atoms with van der Waals surface area (Å²) in [7, 11) is 1.66. The van der Waals surface area contributed by atoms with Gasteiger partial charge in [0.2, 0.25) is 5.91 Å². The summed E-state index contributed by atoms with van der Waals surface area (Å²) < 4.78 is 25.1. The first-order valence-electron chi connectivity index (χ1n) is 11.7. The molecule has 0 fully saturated rings. The van der Waals surface area contributed by atoms with Gasteiger partial charge >= 0.3 is 0 Å². The lowest BCUT2D eigenvalue weighted by Gasteiger charge is -2.37. The second-order valence-corrected chi connectivity index (χ2v) is 9.42. The normalized spacial score (nSPS) is 16.6. The van der Waals surface area contributed by atoms with E-state index in [-0.39, 0.29) is 30.9 Å². The van der Waals surface area contributed by atoms with Crippen molar-refractivity contribution in [3.05, 3.63) is 52.0 Å². The van der Waals surface area contributed by atoms with E-state index < -0.39 is 11.9 Å². The predicted octanol–water partition coefficient (Wildman–Crippen LogP) is 3.89. The van der Waals surface area contributed by atoms with E-state index in [0.29, 0.717) is 32.7 Å². The third kappa shape index (κ3) is 7.24. The van der Waals surface area contributed by atoms with Crippen molar-refractivity contribution >= 4 is 17.2 Å². The molecule has 0 saturated heterocycles. The smallest absolute Gasteiger partial charge is 0.237 e. The molecule has 8 heteroatoms. The van der Waals surface area contributed by atoms with Crippen LogP contribution in [0.4, 0.5) is 4.39 Å². The number of aliphatic hydroxyl groups excluding tert-OH is 1. The molecule has 1 aliphatic heterocycles. The average Bonchev–Trinajstić information content (AvgIpc) is 3.27. The molecule has 1 aliphatic rings. The van der Waals surface area contributed by atoms with Gasteiger partial charge < -0.3 is 19.5 Å². The molecule has 33 heavy (non-hydrogen) atoms. The van der Waals surface area contributed by atoms with Crippen LogP contribution in [-0.4, -0.2) is 73.4 Å². The van der Waals surface area contributed by atoms with E-state index in [1.807, 2.05) is 28.2 Å². The van der Waals surface area contributed by atoms with Crippen molar-refractivity contribution in [1.29, 1.82) is 0 Å². The molecular formula is C25H35FN2O4S. The van der Waals surface area contributed by atoms with Crippen LogP contribution >= 0.6 is 11.3 Å². The van der Waals surface area contributed by atoms with Gasteiger partial charge in [0.1, 0.15) is 6.61 Å². The quantitative estimate of drug-likeness (QED) is 0.443. The van der Waals surface area contributed by atoms with E-state index in [1.54, 1.807) is 36.6 Å². The second kappa shape index (κ2) is 13.0. The zero-order valence-corrected chi connectivity index (χ0v) is 20.4. The molecule has 6 nitrogen and oxygen atoms in total. The number of rotatable bonds is 13. The Morgan fingerprint density at radius 3 is 2.94 bits per heavy atom. The highest BCUT2D eigenvalue weighted by Gasteiger charge is 2.33. The summed E-state index contributed by atoms with van der Waals surface area (Å²) in [5.74, 6) is -0.225. The van der Waals surface area contributed by atoms with Crippen molar-refractivity contribution < 1.29 is 23.8 Å². The summed E-state index contributed by atoms with van der Waals surface area (Å²) in [6.45, 7) is 4.79. The molecule has 2 heterocycles. The van der Waals surface area contributed by atoms with Crippen LogP contribution in [-0.2, 0) is 16.0 Å². The van der Waals surface area contributed by atoms with Crippen molar-refractivity contribution in [2.75, 3.05) is 46.5 Å². The van der Waals surface area contributed by atoms with Gasteiger partial charge in [-0.25, -0.2) is 4.39 Å². The number of carbonyl (C=O) groups excluding carboxylic acids is 1. The maximum Gasteiger partial charge on any atom is 0.237 e. The number of fused-ring (bicyclic) bond motifs is 1. The topological polar surface area (TPSA) is 62.2 Å². The number of benzene rings is 1. The van der Waals surface area contributed by atoms with E-state index in [4.69, 9.17) is 9.47 Å². The molecule has 1 amide bonds. The summed E-state index contributed by atoms with van der Waals surface area (Å²) >= 11 is 1.68. The van der Waals surface area contributed by atoms with Gasteiger partial charge in [-0.3, -0.25) is 9.69 Å². The van der Waals surface area contributed by atoms with Gasteiger partial charge in [-0.15, -0.1) is 11.3 Å². The summed E-state index contributed by atoms with van der Waals surface area (Å²) in [5, 5.41) is 12.4. The second-order valence-electron chi connectivity index (χ2n) is 8.42. The fourth-order valence-corrected chi connectivity index (χ4v) is 5.21. The van der Waals surface area contributed by atoms with E-state index in [9.17, 15) is 14.3 Å². The summed E-state index contributed by atoms with van der Waals surface area (Å²) in [5.41, 5.74) is 1.08. The Hall–Kier alpha value is -2.00. The molecule has 2 atom stereocenters. The maximum atomic E-state index is 14.1. The number of thiophene rings is 1. The van der Waals surface area contributed by atoms with Crippen LogP contribution in [0.5, 0.6) is 5.75 Å². The SMILES string of the molecule is CCC[C@@H](O)CN(CCCOC)CC(=O)N1CCc2sccc2[C@H]1COc1ccccc1F. The fraction of sp³-hybridized carbons (Fsp3) is 0.560. The molecule has 3 rings (SSSR count). The molecule has 0 aliphatic carbocycles. The minimum Gasteiger partial charge on any atom is -0.488 e. The zero-order chi connectivity index (χ0) is 23.6. The number of hydrogen-bond acceptors (Lipinski definition) is 6. The van der Waals surface area contributed by atoms with Crippen LogP contribution in [0.15, 0.2) is 35.7 Å². The number of hydrogen-bond donors (Lipinski definition) is 1. The Kier molecular flexibility index (Phi) is 10.1. The molecule has 0 radical (unpaired) electrons. The first-order chi connectivity index (χ1) is 16.0. The van der Waals surface area contributed by atoms with E-state index in [1.165, 1.54) is 10.9 Å². The molecule has 2 aromatic rings. The van der Waals surface area contributed by atoms with E-state index in [0.717, 1.165) is 24.8 Å². The van der Waals surface area contributed by atoms with Crippen LogP contribution in [0, 0.1) is 5.82 Å². The highest BCUT2D eigenvalue weighted by Crippen LogP contribution is 2.34. The number of halogens is 1. The minimum atomic E-state index is -0.463. The van der Waals surface area contributed by atoms with Gasteiger partial charge in [0.25, 0.3) is 0 Å². The molecule has 0 unspecified atom stereocenters. The number of methoxy groups -OCH3 is 1. The predicted molar refractivity (Wildman–Crippen MR) is 128 cm³/mol. The largest absolute Gasteiger partial charge is 0.488 e. The van der Waals surface area contributed by atoms with Crippen LogP contribution < -0.4 is 4.74 Å². The highest BCUT2D eigenvalue weighted by atomic mass is 32.1. The molecule has 0 spiro atoms. The van der Waals surface area contributed by atoms with Crippen molar-refractivity contribution in [3.8, 4) is 5.75 Å². The summed E-state index contributed by atoms with van der Waals surface area (Å²) in [4.78, 5) is 18.6. The Balaban J connectivity index is 1.71. The van der Waals surface area contributed by atoms with Crippen molar-refractivity contribution in [2.45, 2.75) is 44.8 Å². The lowest BCUT2D eigenvalue weighted by Crippen LogP contribution is -2.48. The first kappa shape index (κ1) is 25.6. The van der Waals surface area contributed by atoms with Gasteiger partial charge in [0, 0.05) is 38.2 Å². The van der Waals surface area contributed by atoms with Gasteiger partial charge in [-0.1, -0.05) is 25.5 Å². The number of para-hydroxylation sites is 1. The Morgan fingerprint density at radius 1 is 1.36 bits per heavy atom. The summed E-state index contributed by atoms with van der Waals surface area (Å²) in [6, 6.07) is 8.10. The minimum absolute atomic E-state index is 0.00454. The number of nitrogens with zero attached hydrogens (tertiary/aromatic N) is 2. The van der Waals surface area contributed by atoms with Gasteiger partial charge in [0.05, 0.1) is 18.7 Å². The Labute approximate surface area is 199 Å². The molecule has 1 aromatic heterocycles. The van der Waals surface area contributed by atoms with Gasteiger partial charge in [0.15, 0.2) is 11.6 Å². The van der Waals surface area contributed by atoms with Gasteiger partial charge in [-0.2, -0.15) is 0 Å². The van der Waals surface area contributed by atoms with Crippen LogP contribution in [0.1, 0.15) is 42.7 Å². The Bertz CT molecular complexity index is 878. The van der Waals surface area contributed by atoms with Crippen LogP contribution in [0.25, 0.3) is 0 Å². The monoisotopic (exact) mass is 478 g/mol. The van der Waals surface area contributed by atoms with Crippen molar-refractivity contribution in [1.82, 2.24) is 9.80 Å². The van der Waals surface area contributed by atoms with E-state index >= 15 is 0 Å². The van der Waals surface area contributed by atoms with Gasteiger partial charge in [-0.05, 0) is 48.4 Å². The molecule has 1 N–H and O–H groups in total. The third-order valence-electron chi connectivity index (χ3n) is 5.92. The number of amides is 1. The lowest BCUT2D eigenvalue weighted by atomic mass is 10.0.